The van der Waals surface area contributed by atoms with E-state index in [9.17, 15) is 4.79 Å². The summed E-state index contributed by atoms with van der Waals surface area (Å²) in [6.07, 6.45) is 0. The Bertz CT molecular complexity index is 511. The first-order valence-electron chi connectivity index (χ1n) is 5.57. The van der Waals surface area contributed by atoms with Crippen LogP contribution in [0.25, 0.3) is 0 Å². The van der Waals surface area contributed by atoms with Crippen LogP contribution >= 0.6 is 11.3 Å². The summed E-state index contributed by atoms with van der Waals surface area (Å²) in [4.78, 5) is 15.6. The van der Waals surface area contributed by atoms with E-state index in [1.165, 1.54) is 11.3 Å². The molecule has 2 rings (SSSR count). The van der Waals surface area contributed by atoms with Gasteiger partial charge in [-0.1, -0.05) is 12.1 Å². The van der Waals surface area contributed by atoms with Gasteiger partial charge in [0.1, 0.15) is 5.75 Å². The summed E-state index contributed by atoms with van der Waals surface area (Å²) in [5.74, 6) is 0.559. The minimum atomic E-state index is -0.149. The number of thiazole rings is 1. The standard InChI is InChI=1S/C13H14N2O2S/c1-10-3-2-4-12(5-10)17-7-13(16)14-6-11-8-18-9-15-11/h2-5,8-9H,6-7H2,1H3,(H,14,16). The quantitative estimate of drug-likeness (QED) is 0.898. The maximum atomic E-state index is 11.5. The highest BCUT2D eigenvalue weighted by Crippen LogP contribution is 2.11. The van der Waals surface area contributed by atoms with Crippen LogP contribution in [0.2, 0.25) is 0 Å². The summed E-state index contributed by atoms with van der Waals surface area (Å²) in [5.41, 5.74) is 3.71. The van der Waals surface area contributed by atoms with Crippen LogP contribution in [0.1, 0.15) is 11.3 Å². The smallest absolute Gasteiger partial charge is 0.258 e. The van der Waals surface area contributed by atoms with E-state index in [2.05, 4.69) is 10.3 Å². The maximum Gasteiger partial charge on any atom is 0.258 e. The lowest BCUT2D eigenvalue weighted by Crippen LogP contribution is -2.28. The molecule has 4 nitrogen and oxygen atoms in total. The van der Waals surface area contributed by atoms with Gasteiger partial charge in [0.15, 0.2) is 6.61 Å². The van der Waals surface area contributed by atoms with E-state index in [0.717, 1.165) is 11.3 Å². The van der Waals surface area contributed by atoms with Crippen LogP contribution < -0.4 is 10.1 Å². The zero-order valence-electron chi connectivity index (χ0n) is 10.1. The number of carbonyl (C=O) groups is 1. The third-order valence-electron chi connectivity index (χ3n) is 2.31. The van der Waals surface area contributed by atoms with Gasteiger partial charge in [-0.15, -0.1) is 11.3 Å². The lowest BCUT2D eigenvalue weighted by atomic mass is 10.2. The number of aromatic nitrogens is 1. The Morgan fingerprint density at radius 2 is 2.39 bits per heavy atom. The lowest BCUT2D eigenvalue weighted by Gasteiger charge is -2.07. The van der Waals surface area contributed by atoms with E-state index < -0.39 is 0 Å². The van der Waals surface area contributed by atoms with Crippen molar-refractivity contribution in [3.8, 4) is 5.75 Å². The van der Waals surface area contributed by atoms with Crippen LogP contribution in [-0.4, -0.2) is 17.5 Å². The first-order chi connectivity index (χ1) is 8.74. The molecule has 2 aromatic rings. The van der Waals surface area contributed by atoms with Gasteiger partial charge in [0.25, 0.3) is 5.91 Å². The number of aryl methyl sites for hydroxylation is 1. The van der Waals surface area contributed by atoms with Crippen molar-refractivity contribution in [3.05, 3.63) is 46.4 Å². The lowest BCUT2D eigenvalue weighted by molar-refractivity contribution is -0.123. The highest BCUT2D eigenvalue weighted by molar-refractivity contribution is 7.07. The van der Waals surface area contributed by atoms with Crippen molar-refractivity contribution in [2.24, 2.45) is 0 Å². The molecule has 1 amide bonds. The molecule has 0 unspecified atom stereocenters. The molecule has 1 N–H and O–H groups in total. The van der Waals surface area contributed by atoms with Crippen molar-refractivity contribution in [1.82, 2.24) is 10.3 Å². The van der Waals surface area contributed by atoms with Gasteiger partial charge in [0, 0.05) is 5.38 Å². The largest absolute Gasteiger partial charge is 0.484 e. The number of carbonyl (C=O) groups excluding carboxylic acids is 1. The van der Waals surface area contributed by atoms with Crippen molar-refractivity contribution in [2.45, 2.75) is 13.5 Å². The first-order valence-corrected chi connectivity index (χ1v) is 6.51. The third kappa shape index (κ3) is 3.85. The first kappa shape index (κ1) is 12.6. The molecule has 0 saturated heterocycles. The molecular formula is C13H14N2O2S. The highest BCUT2D eigenvalue weighted by atomic mass is 32.1. The van der Waals surface area contributed by atoms with Crippen LogP contribution in [-0.2, 0) is 11.3 Å². The summed E-state index contributed by atoms with van der Waals surface area (Å²) in [5, 5.41) is 4.65. The molecule has 0 fully saturated rings. The molecule has 0 aliphatic rings. The fourth-order valence-electron chi connectivity index (χ4n) is 1.42. The Morgan fingerprint density at radius 3 is 3.11 bits per heavy atom. The molecule has 0 radical (unpaired) electrons. The van der Waals surface area contributed by atoms with Crippen LogP contribution in [0.5, 0.6) is 5.75 Å². The predicted molar refractivity (Wildman–Crippen MR) is 70.6 cm³/mol. The van der Waals surface area contributed by atoms with Gasteiger partial charge in [-0.25, -0.2) is 4.98 Å². The fourth-order valence-corrected chi connectivity index (χ4v) is 1.98. The van der Waals surface area contributed by atoms with Crippen LogP contribution in [0, 0.1) is 6.92 Å². The van der Waals surface area contributed by atoms with Gasteiger partial charge in [-0.2, -0.15) is 0 Å². The van der Waals surface area contributed by atoms with Gasteiger partial charge in [0.2, 0.25) is 0 Å². The van der Waals surface area contributed by atoms with Gasteiger partial charge in [-0.05, 0) is 24.6 Å². The molecule has 0 spiro atoms. The molecule has 1 aromatic heterocycles. The second-order valence-corrected chi connectivity index (χ2v) is 4.58. The molecule has 1 aromatic carbocycles. The number of ether oxygens (including phenoxy) is 1. The number of hydrogen-bond acceptors (Lipinski definition) is 4. The van der Waals surface area contributed by atoms with E-state index in [4.69, 9.17) is 4.74 Å². The second kappa shape index (κ2) is 6.16. The average molecular weight is 262 g/mol. The zero-order chi connectivity index (χ0) is 12.8. The Balaban J connectivity index is 1.75. The van der Waals surface area contributed by atoms with Crippen molar-refractivity contribution in [1.29, 1.82) is 0 Å². The van der Waals surface area contributed by atoms with Crippen molar-refractivity contribution in [2.75, 3.05) is 6.61 Å². The third-order valence-corrected chi connectivity index (χ3v) is 2.94. The summed E-state index contributed by atoms with van der Waals surface area (Å²) >= 11 is 1.51. The normalized spacial score (nSPS) is 10.1. The Morgan fingerprint density at radius 1 is 1.50 bits per heavy atom. The minimum Gasteiger partial charge on any atom is -0.484 e. The SMILES string of the molecule is Cc1cccc(OCC(=O)NCc2cscn2)c1. The monoisotopic (exact) mass is 262 g/mol. The summed E-state index contributed by atoms with van der Waals surface area (Å²) in [6.45, 7) is 2.45. The van der Waals surface area contributed by atoms with Crippen molar-refractivity contribution < 1.29 is 9.53 Å². The number of rotatable bonds is 5. The van der Waals surface area contributed by atoms with Gasteiger partial charge in [0.05, 0.1) is 17.7 Å². The van der Waals surface area contributed by atoms with Crippen LogP contribution in [0.15, 0.2) is 35.2 Å². The molecule has 1 heterocycles. The van der Waals surface area contributed by atoms with E-state index in [0.29, 0.717) is 12.3 Å². The predicted octanol–water partition coefficient (Wildman–Crippen LogP) is 2.15. The molecule has 0 aliphatic heterocycles. The molecule has 18 heavy (non-hydrogen) atoms. The van der Waals surface area contributed by atoms with Gasteiger partial charge in [-0.3, -0.25) is 4.79 Å². The van der Waals surface area contributed by atoms with Crippen LogP contribution in [0.4, 0.5) is 0 Å². The van der Waals surface area contributed by atoms with E-state index in [1.54, 1.807) is 5.51 Å². The van der Waals surface area contributed by atoms with E-state index >= 15 is 0 Å². The molecular weight excluding hydrogens is 248 g/mol. The number of nitrogens with one attached hydrogen (secondary N) is 1. The van der Waals surface area contributed by atoms with E-state index in [1.807, 2.05) is 36.6 Å². The minimum absolute atomic E-state index is 0.0214. The molecule has 0 saturated carbocycles. The number of hydrogen-bond donors (Lipinski definition) is 1. The molecule has 0 atom stereocenters. The summed E-state index contributed by atoms with van der Waals surface area (Å²) in [6, 6.07) is 7.61. The Kier molecular flexibility index (Phi) is 4.30. The van der Waals surface area contributed by atoms with Gasteiger partial charge >= 0.3 is 0 Å². The Hall–Kier alpha value is -1.88. The zero-order valence-corrected chi connectivity index (χ0v) is 10.9. The molecule has 0 aliphatic carbocycles. The van der Waals surface area contributed by atoms with Crippen molar-refractivity contribution >= 4 is 17.2 Å². The van der Waals surface area contributed by atoms with Crippen molar-refractivity contribution in [3.63, 3.8) is 0 Å². The van der Waals surface area contributed by atoms with E-state index in [-0.39, 0.29) is 12.5 Å². The summed E-state index contributed by atoms with van der Waals surface area (Å²) in [7, 11) is 0. The van der Waals surface area contributed by atoms with Crippen LogP contribution in [0.3, 0.4) is 0 Å². The molecule has 5 heteroatoms. The number of amides is 1. The Labute approximate surface area is 110 Å². The second-order valence-electron chi connectivity index (χ2n) is 3.86. The number of benzene rings is 1. The summed E-state index contributed by atoms with van der Waals surface area (Å²) < 4.78 is 5.39. The topological polar surface area (TPSA) is 51.2 Å². The number of nitrogens with zero attached hydrogens (tertiary/aromatic N) is 1. The molecule has 94 valence electrons. The average Bonchev–Trinajstić information content (AvgIpc) is 2.87. The molecule has 0 bridgehead atoms. The highest BCUT2D eigenvalue weighted by Gasteiger charge is 2.03. The fraction of sp³-hybridized carbons (Fsp3) is 0.231. The maximum absolute atomic E-state index is 11.5. The van der Waals surface area contributed by atoms with Gasteiger partial charge < -0.3 is 10.1 Å².